The standard InChI is InChI=1S/C15H16N2O5S/c18-11-10-16(12-13-4-2-1-3-5-13)23(21,22)15-8-6-14(7-9-15)17(19)20/h1-9,18H,10-12H2. The fraction of sp³-hybridized carbons (Fsp3) is 0.200. The Kier molecular flexibility index (Phi) is 5.43. The topological polar surface area (TPSA) is 101 Å². The number of aliphatic hydroxyl groups excluding tert-OH is 1. The van der Waals surface area contributed by atoms with Crippen molar-refractivity contribution in [3.63, 3.8) is 0 Å². The summed E-state index contributed by atoms with van der Waals surface area (Å²) in [6, 6.07) is 13.7. The van der Waals surface area contributed by atoms with E-state index in [0.29, 0.717) is 0 Å². The van der Waals surface area contributed by atoms with E-state index in [1.165, 1.54) is 12.1 Å². The molecule has 0 saturated heterocycles. The Morgan fingerprint density at radius 1 is 1.04 bits per heavy atom. The first kappa shape index (κ1) is 17.1. The van der Waals surface area contributed by atoms with Crippen molar-refractivity contribution in [2.45, 2.75) is 11.4 Å². The summed E-state index contributed by atoms with van der Waals surface area (Å²) >= 11 is 0. The van der Waals surface area contributed by atoms with E-state index in [1.54, 1.807) is 24.3 Å². The second kappa shape index (κ2) is 7.32. The second-order valence-electron chi connectivity index (χ2n) is 4.80. The number of rotatable bonds is 7. The van der Waals surface area contributed by atoms with E-state index < -0.39 is 14.9 Å². The lowest BCUT2D eigenvalue weighted by Crippen LogP contribution is -2.33. The van der Waals surface area contributed by atoms with Crippen LogP contribution in [0.4, 0.5) is 5.69 Å². The van der Waals surface area contributed by atoms with Crippen LogP contribution in [-0.2, 0) is 16.6 Å². The summed E-state index contributed by atoms with van der Waals surface area (Å²) < 4.78 is 26.4. The van der Waals surface area contributed by atoms with Gasteiger partial charge in [0.25, 0.3) is 5.69 Å². The number of hydrogen-bond acceptors (Lipinski definition) is 5. The third-order valence-electron chi connectivity index (χ3n) is 3.24. The first-order valence-electron chi connectivity index (χ1n) is 6.84. The van der Waals surface area contributed by atoms with Crippen LogP contribution in [0.2, 0.25) is 0 Å². The summed E-state index contributed by atoms with van der Waals surface area (Å²) in [5.74, 6) is 0. The predicted octanol–water partition coefficient (Wildman–Crippen LogP) is 1.78. The maximum absolute atomic E-state index is 12.7. The van der Waals surface area contributed by atoms with Gasteiger partial charge in [-0.2, -0.15) is 4.31 Å². The van der Waals surface area contributed by atoms with Crippen LogP contribution in [0.1, 0.15) is 5.56 Å². The Morgan fingerprint density at radius 3 is 2.17 bits per heavy atom. The molecule has 8 heteroatoms. The summed E-state index contributed by atoms with van der Waals surface area (Å²) in [6.45, 7) is -0.270. The van der Waals surface area contributed by atoms with Crippen molar-refractivity contribution in [1.29, 1.82) is 0 Å². The minimum Gasteiger partial charge on any atom is -0.395 e. The number of nitro groups is 1. The predicted molar refractivity (Wildman–Crippen MR) is 84.2 cm³/mol. The van der Waals surface area contributed by atoms with Crippen LogP contribution in [0.3, 0.4) is 0 Å². The molecule has 0 aliphatic rings. The molecule has 0 heterocycles. The molecule has 2 aromatic carbocycles. The van der Waals surface area contributed by atoms with Gasteiger partial charge in [-0.05, 0) is 17.7 Å². The van der Waals surface area contributed by atoms with Gasteiger partial charge in [0, 0.05) is 25.2 Å². The zero-order chi connectivity index (χ0) is 16.9. The van der Waals surface area contributed by atoms with E-state index in [2.05, 4.69) is 0 Å². The molecule has 0 fully saturated rings. The van der Waals surface area contributed by atoms with Gasteiger partial charge in [0.1, 0.15) is 0 Å². The van der Waals surface area contributed by atoms with Crippen LogP contribution in [0.5, 0.6) is 0 Å². The normalized spacial score (nSPS) is 11.6. The number of benzene rings is 2. The minimum atomic E-state index is -3.85. The molecule has 7 nitrogen and oxygen atoms in total. The van der Waals surface area contributed by atoms with Crippen molar-refractivity contribution in [1.82, 2.24) is 4.31 Å². The van der Waals surface area contributed by atoms with Crippen molar-refractivity contribution in [2.75, 3.05) is 13.2 Å². The van der Waals surface area contributed by atoms with E-state index in [4.69, 9.17) is 5.11 Å². The highest BCUT2D eigenvalue weighted by Gasteiger charge is 2.24. The van der Waals surface area contributed by atoms with Crippen LogP contribution in [-0.4, -0.2) is 35.9 Å². The van der Waals surface area contributed by atoms with E-state index in [9.17, 15) is 18.5 Å². The monoisotopic (exact) mass is 336 g/mol. The maximum atomic E-state index is 12.7. The minimum absolute atomic E-state index is 0.0486. The molecule has 122 valence electrons. The van der Waals surface area contributed by atoms with Gasteiger partial charge in [-0.25, -0.2) is 8.42 Å². The zero-order valence-corrected chi connectivity index (χ0v) is 13.0. The molecule has 2 aromatic rings. The lowest BCUT2D eigenvalue weighted by atomic mass is 10.2. The smallest absolute Gasteiger partial charge is 0.269 e. The summed E-state index contributed by atoms with van der Waals surface area (Å²) in [5.41, 5.74) is 0.604. The van der Waals surface area contributed by atoms with Gasteiger partial charge in [0.2, 0.25) is 10.0 Å². The lowest BCUT2D eigenvalue weighted by molar-refractivity contribution is -0.384. The van der Waals surface area contributed by atoms with E-state index in [1.807, 2.05) is 6.07 Å². The summed E-state index contributed by atoms with van der Waals surface area (Å²) in [4.78, 5) is 10.0. The number of non-ortho nitro benzene ring substituents is 1. The fourth-order valence-electron chi connectivity index (χ4n) is 2.07. The highest BCUT2D eigenvalue weighted by molar-refractivity contribution is 7.89. The highest BCUT2D eigenvalue weighted by atomic mass is 32.2. The van der Waals surface area contributed by atoms with Gasteiger partial charge in [-0.15, -0.1) is 0 Å². The highest BCUT2D eigenvalue weighted by Crippen LogP contribution is 2.21. The third-order valence-corrected chi connectivity index (χ3v) is 5.10. The largest absolute Gasteiger partial charge is 0.395 e. The van der Waals surface area contributed by atoms with Gasteiger partial charge in [-0.1, -0.05) is 30.3 Å². The molecule has 23 heavy (non-hydrogen) atoms. The molecule has 0 radical (unpaired) electrons. The van der Waals surface area contributed by atoms with Gasteiger partial charge in [-0.3, -0.25) is 10.1 Å². The van der Waals surface area contributed by atoms with Crippen molar-refractivity contribution in [2.24, 2.45) is 0 Å². The van der Waals surface area contributed by atoms with Crippen molar-refractivity contribution in [3.05, 3.63) is 70.3 Å². The number of hydrogen-bond donors (Lipinski definition) is 1. The Morgan fingerprint density at radius 2 is 1.65 bits per heavy atom. The molecular weight excluding hydrogens is 320 g/mol. The third kappa shape index (κ3) is 4.13. The maximum Gasteiger partial charge on any atom is 0.269 e. The summed E-state index contributed by atoms with van der Waals surface area (Å²) in [7, 11) is -3.85. The number of sulfonamides is 1. The van der Waals surface area contributed by atoms with Crippen molar-refractivity contribution >= 4 is 15.7 Å². The summed E-state index contributed by atoms with van der Waals surface area (Å²) in [6.07, 6.45) is 0. The number of aliphatic hydroxyl groups is 1. The van der Waals surface area contributed by atoms with Crippen LogP contribution >= 0.6 is 0 Å². The van der Waals surface area contributed by atoms with E-state index in [0.717, 1.165) is 22.0 Å². The Labute approximate surface area is 134 Å². The average Bonchev–Trinajstić information content (AvgIpc) is 2.55. The molecular formula is C15H16N2O5S. The quantitative estimate of drug-likeness (QED) is 0.613. The van der Waals surface area contributed by atoms with Gasteiger partial charge in [0.15, 0.2) is 0 Å². The van der Waals surface area contributed by atoms with Crippen LogP contribution < -0.4 is 0 Å². The molecule has 0 aliphatic carbocycles. The van der Waals surface area contributed by atoms with Gasteiger partial charge in [0.05, 0.1) is 16.4 Å². The van der Waals surface area contributed by atoms with Gasteiger partial charge >= 0.3 is 0 Å². The number of nitrogens with zero attached hydrogens (tertiary/aromatic N) is 2. The molecule has 0 aromatic heterocycles. The number of nitro benzene ring substituents is 1. The fourth-order valence-corrected chi connectivity index (χ4v) is 3.49. The molecule has 0 bridgehead atoms. The average molecular weight is 336 g/mol. The van der Waals surface area contributed by atoms with Crippen LogP contribution in [0.15, 0.2) is 59.5 Å². The molecule has 0 atom stereocenters. The Balaban J connectivity index is 2.30. The molecule has 0 unspecified atom stereocenters. The first-order valence-corrected chi connectivity index (χ1v) is 8.28. The molecule has 0 aliphatic heterocycles. The van der Waals surface area contributed by atoms with Crippen molar-refractivity contribution < 1.29 is 18.4 Å². The molecule has 0 spiro atoms. The van der Waals surface area contributed by atoms with E-state index in [-0.39, 0.29) is 30.3 Å². The molecule has 2 rings (SSSR count). The van der Waals surface area contributed by atoms with Gasteiger partial charge < -0.3 is 5.11 Å². The summed E-state index contributed by atoms with van der Waals surface area (Å²) in [5, 5.41) is 19.8. The molecule has 0 amide bonds. The van der Waals surface area contributed by atoms with E-state index >= 15 is 0 Å². The van der Waals surface area contributed by atoms with Crippen LogP contribution in [0, 0.1) is 10.1 Å². The Hall–Kier alpha value is -2.29. The molecule has 1 N–H and O–H groups in total. The molecule has 0 saturated carbocycles. The zero-order valence-electron chi connectivity index (χ0n) is 12.2. The lowest BCUT2D eigenvalue weighted by Gasteiger charge is -2.21. The SMILES string of the molecule is O=[N+]([O-])c1ccc(S(=O)(=O)N(CCO)Cc2ccccc2)cc1. The van der Waals surface area contributed by atoms with Crippen LogP contribution in [0.25, 0.3) is 0 Å². The van der Waals surface area contributed by atoms with Crippen molar-refractivity contribution in [3.8, 4) is 0 Å². The Bertz CT molecular complexity index is 760. The first-order chi connectivity index (χ1) is 10.9. The second-order valence-corrected chi connectivity index (χ2v) is 6.74.